The SMILES string of the molecule is COCCN1C(=O)c2ccccc2[C@H](C(=O)N2CCN(c3cccc(OC)c3)CC2)[C@@H]1c1cccs1. The highest BCUT2D eigenvalue weighted by Gasteiger charge is 2.46. The molecule has 2 aromatic carbocycles. The van der Waals surface area contributed by atoms with Crippen molar-refractivity contribution in [1.29, 1.82) is 0 Å². The van der Waals surface area contributed by atoms with Crippen molar-refractivity contribution in [3.63, 3.8) is 0 Å². The normalized spacial score (nSPS) is 19.8. The van der Waals surface area contributed by atoms with Crippen LogP contribution in [0.2, 0.25) is 0 Å². The molecule has 0 N–H and O–H groups in total. The maximum Gasteiger partial charge on any atom is 0.254 e. The van der Waals surface area contributed by atoms with E-state index in [9.17, 15) is 9.59 Å². The summed E-state index contributed by atoms with van der Waals surface area (Å²) in [5.74, 6) is 0.385. The average Bonchev–Trinajstić information content (AvgIpc) is 3.47. The molecule has 36 heavy (non-hydrogen) atoms. The van der Waals surface area contributed by atoms with E-state index in [1.54, 1.807) is 25.6 Å². The Labute approximate surface area is 215 Å². The number of rotatable bonds is 7. The molecule has 3 heterocycles. The zero-order valence-corrected chi connectivity index (χ0v) is 21.4. The van der Waals surface area contributed by atoms with Crippen molar-refractivity contribution in [2.24, 2.45) is 0 Å². The van der Waals surface area contributed by atoms with Crippen molar-refractivity contribution in [2.75, 3.05) is 58.5 Å². The van der Waals surface area contributed by atoms with Crippen LogP contribution in [0.25, 0.3) is 0 Å². The number of nitrogens with zero attached hydrogens (tertiary/aromatic N) is 3. The summed E-state index contributed by atoms with van der Waals surface area (Å²) < 4.78 is 10.7. The third-order valence-corrected chi connectivity index (χ3v) is 8.03. The highest BCUT2D eigenvalue weighted by atomic mass is 32.1. The van der Waals surface area contributed by atoms with Gasteiger partial charge in [0.05, 0.1) is 25.7 Å². The summed E-state index contributed by atoms with van der Waals surface area (Å²) in [6, 6.07) is 19.2. The average molecular weight is 506 g/mol. The van der Waals surface area contributed by atoms with E-state index >= 15 is 0 Å². The lowest BCUT2D eigenvalue weighted by Gasteiger charge is -2.44. The van der Waals surface area contributed by atoms with Gasteiger partial charge >= 0.3 is 0 Å². The topological polar surface area (TPSA) is 62.3 Å². The van der Waals surface area contributed by atoms with Crippen molar-refractivity contribution in [2.45, 2.75) is 12.0 Å². The van der Waals surface area contributed by atoms with E-state index < -0.39 is 5.92 Å². The second kappa shape index (κ2) is 10.7. The van der Waals surface area contributed by atoms with Crippen LogP contribution in [-0.2, 0) is 9.53 Å². The fourth-order valence-corrected chi connectivity index (χ4v) is 6.13. The number of piperazine rings is 1. The Morgan fingerprint density at radius 1 is 1.00 bits per heavy atom. The van der Waals surface area contributed by atoms with Gasteiger partial charge in [0, 0.05) is 62.0 Å². The third-order valence-electron chi connectivity index (χ3n) is 7.09. The number of hydrogen-bond donors (Lipinski definition) is 0. The van der Waals surface area contributed by atoms with Gasteiger partial charge in [-0.05, 0) is 35.2 Å². The molecular weight excluding hydrogens is 474 g/mol. The summed E-state index contributed by atoms with van der Waals surface area (Å²) in [5.41, 5.74) is 2.52. The predicted octanol–water partition coefficient (Wildman–Crippen LogP) is 4.03. The first-order valence-corrected chi connectivity index (χ1v) is 13.1. The molecule has 2 atom stereocenters. The van der Waals surface area contributed by atoms with Crippen LogP contribution in [0, 0.1) is 0 Å². The Morgan fingerprint density at radius 3 is 2.53 bits per heavy atom. The monoisotopic (exact) mass is 505 g/mol. The number of thiophene rings is 1. The van der Waals surface area contributed by atoms with Gasteiger partial charge in [0.2, 0.25) is 5.91 Å². The second-order valence-corrected chi connectivity index (χ2v) is 10.0. The van der Waals surface area contributed by atoms with Crippen molar-refractivity contribution in [3.05, 3.63) is 82.0 Å². The maximum atomic E-state index is 14.2. The molecule has 0 aliphatic carbocycles. The number of amides is 2. The van der Waals surface area contributed by atoms with Gasteiger partial charge in [-0.25, -0.2) is 0 Å². The number of anilines is 1. The van der Waals surface area contributed by atoms with Gasteiger partial charge in [-0.3, -0.25) is 9.59 Å². The van der Waals surface area contributed by atoms with E-state index in [0.717, 1.165) is 35.0 Å². The van der Waals surface area contributed by atoms with Crippen molar-refractivity contribution in [1.82, 2.24) is 9.80 Å². The van der Waals surface area contributed by atoms with Crippen LogP contribution in [0.1, 0.15) is 32.8 Å². The van der Waals surface area contributed by atoms with E-state index in [0.29, 0.717) is 31.8 Å². The van der Waals surface area contributed by atoms with Crippen LogP contribution in [-0.4, -0.2) is 75.2 Å². The van der Waals surface area contributed by atoms with Gasteiger partial charge in [0.15, 0.2) is 0 Å². The Morgan fingerprint density at radius 2 is 1.81 bits per heavy atom. The third kappa shape index (κ3) is 4.58. The molecule has 8 heteroatoms. The molecule has 0 spiro atoms. The van der Waals surface area contributed by atoms with Gasteiger partial charge in [0.1, 0.15) is 5.75 Å². The number of methoxy groups -OCH3 is 2. The largest absolute Gasteiger partial charge is 0.497 e. The fourth-order valence-electron chi connectivity index (χ4n) is 5.26. The van der Waals surface area contributed by atoms with Gasteiger partial charge < -0.3 is 24.2 Å². The molecule has 0 unspecified atom stereocenters. The quantitative estimate of drug-likeness (QED) is 0.485. The zero-order chi connectivity index (χ0) is 25.1. The molecule has 0 bridgehead atoms. The number of carbonyl (C=O) groups is 2. The van der Waals surface area contributed by atoms with Gasteiger partial charge in [-0.15, -0.1) is 11.3 Å². The molecule has 2 aliphatic heterocycles. The second-order valence-electron chi connectivity index (χ2n) is 9.03. The van der Waals surface area contributed by atoms with E-state index in [1.165, 1.54) is 0 Å². The van der Waals surface area contributed by atoms with Crippen LogP contribution < -0.4 is 9.64 Å². The summed E-state index contributed by atoms with van der Waals surface area (Å²) in [4.78, 5) is 34.9. The summed E-state index contributed by atoms with van der Waals surface area (Å²) in [6.45, 7) is 3.57. The smallest absolute Gasteiger partial charge is 0.254 e. The summed E-state index contributed by atoms with van der Waals surface area (Å²) in [7, 11) is 3.30. The van der Waals surface area contributed by atoms with Gasteiger partial charge in [-0.1, -0.05) is 30.3 Å². The van der Waals surface area contributed by atoms with Crippen LogP contribution in [0.5, 0.6) is 5.75 Å². The summed E-state index contributed by atoms with van der Waals surface area (Å²) in [6.07, 6.45) is 0. The van der Waals surface area contributed by atoms with Crippen LogP contribution in [0.4, 0.5) is 5.69 Å². The van der Waals surface area contributed by atoms with Crippen LogP contribution in [0.3, 0.4) is 0 Å². The Bertz CT molecular complexity index is 1210. The first-order valence-electron chi connectivity index (χ1n) is 12.2. The Balaban J connectivity index is 1.44. The first-order chi connectivity index (χ1) is 17.6. The van der Waals surface area contributed by atoms with Crippen molar-refractivity contribution >= 4 is 28.8 Å². The van der Waals surface area contributed by atoms with Crippen molar-refractivity contribution in [3.8, 4) is 5.75 Å². The van der Waals surface area contributed by atoms with E-state index in [1.807, 2.05) is 69.8 Å². The molecule has 7 nitrogen and oxygen atoms in total. The molecule has 5 rings (SSSR count). The number of ether oxygens (including phenoxy) is 2. The van der Waals surface area contributed by atoms with Crippen LogP contribution >= 0.6 is 11.3 Å². The molecule has 3 aromatic rings. The van der Waals surface area contributed by atoms with Gasteiger partial charge in [0.25, 0.3) is 5.91 Å². The molecule has 2 aliphatic rings. The lowest BCUT2D eigenvalue weighted by Crippen LogP contribution is -2.53. The Kier molecular flexibility index (Phi) is 7.25. The fraction of sp³-hybridized carbons (Fsp3) is 0.357. The highest BCUT2D eigenvalue weighted by molar-refractivity contribution is 7.10. The zero-order valence-electron chi connectivity index (χ0n) is 20.6. The van der Waals surface area contributed by atoms with Crippen molar-refractivity contribution < 1.29 is 19.1 Å². The maximum absolute atomic E-state index is 14.2. The number of fused-ring (bicyclic) bond motifs is 1. The van der Waals surface area contributed by atoms with E-state index in [-0.39, 0.29) is 17.9 Å². The molecule has 2 amide bonds. The minimum absolute atomic E-state index is 0.0482. The molecule has 0 radical (unpaired) electrons. The molecule has 188 valence electrons. The van der Waals surface area contributed by atoms with E-state index in [4.69, 9.17) is 9.47 Å². The molecule has 1 aromatic heterocycles. The molecular formula is C28H31N3O4S. The highest BCUT2D eigenvalue weighted by Crippen LogP contribution is 2.45. The molecule has 1 saturated heterocycles. The molecule has 1 fully saturated rings. The minimum Gasteiger partial charge on any atom is -0.497 e. The lowest BCUT2D eigenvalue weighted by atomic mass is 9.81. The van der Waals surface area contributed by atoms with Crippen LogP contribution in [0.15, 0.2) is 66.0 Å². The minimum atomic E-state index is -0.460. The lowest BCUT2D eigenvalue weighted by molar-refractivity contribution is -0.135. The Hall–Kier alpha value is -3.36. The molecule has 0 saturated carbocycles. The standard InChI is InChI=1S/C28H31N3O4S/c1-34-17-16-31-26(24-11-6-18-36-24)25(22-9-3-4-10-23(22)27(31)32)28(33)30-14-12-29(13-15-30)20-7-5-8-21(19-20)35-2/h3-11,18-19,25-26H,12-17H2,1-2H3/t25-,26-/m0/s1. The van der Waals surface area contributed by atoms with Gasteiger partial charge in [-0.2, -0.15) is 0 Å². The summed E-state index contributed by atoms with van der Waals surface area (Å²) >= 11 is 1.59. The van der Waals surface area contributed by atoms with E-state index in [2.05, 4.69) is 11.0 Å². The summed E-state index contributed by atoms with van der Waals surface area (Å²) in [5, 5.41) is 2.00. The number of benzene rings is 2. The number of carbonyl (C=O) groups excluding carboxylic acids is 2. The first kappa shape index (κ1) is 24.3. The predicted molar refractivity (Wildman–Crippen MR) is 141 cm³/mol. The number of hydrogen-bond acceptors (Lipinski definition) is 6.